The zero-order valence-corrected chi connectivity index (χ0v) is 16.8. The first-order valence-corrected chi connectivity index (χ1v) is 9.26. The van der Waals surface area contributed by atoms with Crippen molar-refractivity contribution in [3.63, 3.8) is 0 Å². The lowest BCUT2D eigenvalue weighted by Gasteiger charge is -2.19. The second kappa shape index (κ2) is 10.6. The van der Waals surface area contributed by atoms with Gasteiger partial charge in [-0.25, -0.2) is 0 Å². The van der Waals surface area contributed by atoms with E-state index in [-0.39, 0.29) is 23.7 Å². The number of likely N-dealkylation sites (N-methyl/N-ethyl adjacent to an activating group) is 1. The van der Waals surface area contributed by atoms with Gasteiger partial charge >= 0.3 is 6.18 Å². The third kappa shape index (κ3) is 6.77. The fraction of sp³-hybridized carbons (Fsp3) is 0.333. The van der Waals surface area contributed by atoms with Crippen LogP contribution in [-0.2, 0) is 15.7 Å². The van der Waals surface area contributed by atoms with E-state index in [1.807, 2.05) is 0 Å². The Bertz CT molecular complexity index is 872. The summed E-state index contributed by atoms with van der Waals surface area (Å²) < 4.78 is 43.7. The Balaban J connectivity index is 2.09. The molecule has 9 heteroatoms. The number of anilines is 2. The van der Waals surface area contributed by atoms with Crippen LogP contribution in [-0.4, -0.2) is 50.6 Å². The number of methoxy groups -OCH3 is 1. The second-order valence-electron chi connectivity index (χ2n) is 6.61. The molecule has 0 heterocycles. The summed E-state index contributed by atoms with van der Waals surface area (Å²) in [4.78, 5) is 26.0. The van der Waals surface area contributed by atoms with Crippen LogP contribution in [0.15, 0.2) is 48.5 Å². The Hall–Kier alpha value is -3.07. The Labute approximate surface area is 173 Å². The molecule has 0 radical (unpaired) electrons. The van der Waals surface area contributed by atoms with E-state index in [0.29, 0.717) is 25.3 Å². The average Bonchev–Trinajstić information content (AvgIpc) is 2.70. The molecule has 2 N–H and O–H groups in total. The lowest BCUT2D eigenvalue weighted by Crippen LogP contribution is -2.39. The highest BCUT2D eigenvalue weighted by Crippen LogP contribution is 2.32. The van der Waals surface area contributed by atoms with Crippen molar-refractivity contribution in [2.24, 2.45) is 0 Å². The monoisotopic (exact) mass is 423 g/mol. The highest BCUT2D eigenvalue weighted by molar-refractivity contribution is 6.01. The molecule has 0 spiro atoms. The number of hydrogen-bond acceptors (Lipinski definition) is 4. The van der Waals surface area contributed by atoms with Crippen LogP contribution in [0.2, 0.25) is 0 Å². The first kappa shape index (κ1) is 23.2. The van der Waals surface area contributed by atoms with Gasteiger partial charge in [0.15, 0.2) is 0 Å². The predicted octanol–water partition coefficient (Wildman–Crippen LogP) is 3.67. The van der Waals surface area contributed by atoms with Gasteiger partial charge in [-0.2, -0.15) is 13.2 Å². The fourth-order valence-electron chi connectivity index (χ4n) is 2.70. The van der Waals surface area contributed by atoms with Gasteiger partial charge in [0.25, 0.3) is 5.91 Å². The van der Waals surface area contributed by atoms with Crippen molar-refractivity contribution >= 4 is 23.2 Å². The molecule has 2 rings (SSSR count). The molecule has 162 valence electrons. The molecule has 6 nitrogen and oxygen atoms in total. The molecular formula is C21H24F3N3O3. The molecule has 0 unspecified atom stereocenters. The lowest BCUT2D eigenvalue weighted by molar-refractivity contribution is -0.137. The SMILES string of the molecule is COCCCNC(=O)CN(C)C(=O)c1ccccc1Nc1cccc(C(F)(F)F)c1. The molecule has 0 saturated heterocycles. The average molecular weight is 423 g/mol. The van der Waals surface area contributed by atoms with Crippen molar-refractivity contribution in [1.29, 1.82) is 0 Å². The number of carbonyl (C=O) groups excluding carboxylic acids is 2. The first-order chi connectivity index (χ1) is 14.2. The second-order valence-corrected chi connectivity index (χ2v) is 6.61. The van der Waals surface area contributed by atoms with Crippen molar-refractivity contribution < 1.29 is 27.5 Å². The number of halogens is 3. The lowest BCUT2D eigenvalue weighted by atomic mass is 10.1. The Kier molecular flexibility index (Phi) is 8.23. The quantitative estimate of drug-likeness (QED) is 0.604. The summed E-state index contributed by atoms with van der Waals surface area (Å²) in [5.41, 5.74) is -0.0130. The number of carbonyl (C=O) groups is 2. The highest BCUT2D eigenvalue weighted by Gasteiger charge is 2.30. The van der Waals surface area contributed by atoms with Gasteiger partial charge in [-0.3, -0.25) is 9.59 Å². The number of nitrogens with one attached hydrogen (secondary N) is 2. The fourth-order valence-corrected chi connectivity index (χ4v) is 2.70. The minimum Gasteiger partial charge on any atom is -0.385 e. The molecule has 0 aliphatic heterocycles. The molecule has 2 amide bonds. The zero-order chi connectivity index (χ0) is 22.1. The molecule has 0 aromatic heterocycles. The van der Waals surface area contributed by atoms with Crippen LogP contribution in [0.1, 0.15) is 22.3 Å². The van der Waals surface area contributed by atoms with Crippen LogP contribution >= 0.6 is 0 Å². The van der Waals surface area contributed by atoms with Gasteiger partial charge < -0.3 is 20.3 Å². The molecule has 0 aliphatic carbocycles. The number of alkyl halides is 3. The number of nitrogens with zero attached hydrogens (tertiary/aromatic N) is 1. The molecule has 0 bridgehead atoms. The van der Waals surface area contributed by atoms with Crippen LogP contribution in [0, 0.1) is 0 Å². The van der Waals surface area contributed by atoms with Crippen LogP contribution in [0.25, 0.3) is 0 Å². The van der Waals surface area contributed by atoms with Crippen molar-refractivity contribution in [2.75, 3.05) is 39.2 Å². The van der Waals surface area contributed by atoms with E-state index in [9.17, 15) is 22.8 Å². The van der Waals surface area contributed by atoms with E-state index in [1.165, 1.54) is 24.1 Å². The van der Waals surface area contributed by atoms with Crippen LogP contribution in [0.5, 0.6) is 0 Å². The third-order valence-electron chi connectivity index (χ3n) is 4.20. The van der Waals surface area contributed by atoms with E-state index in [0.717, 1.165) is 12.1 Å². The normalized spacial score (nSPS) is 11.1. The van der Waals surface area contributed by atoms with E-state index >= 15 is 0 Å². The van der Waals surface area contributed by atoms with Gasteiger partial charge in [0, 0.05) is 33.0 Å². The summed E-state index contributed by atoms with van der Waals surface area (Å²) in [6, 6.07) is 11.2. The third-order valence-corrected chi connectivity index (χ3v) is 4.20. The molecule has 2 aromatic carbocycles. The Morgan fingerprint density at radius 1 is 1.10 bits per heavy atom. The van der Waals surface area contributed by atoms with Crippen molar-refractivity contribution in [2.45, 2.75) is 12.6 Å². The molecule has 0 atom stereocenters. The molecule has 30 heavy (non-hydrogen) atoms. The number of amides is 2. The first-order valence-electron chi connectivity index (χ1n) is 9.26. The Morgan fingerprint density at radius 2 is 1.83 bits per heavy atom. The van der Waals surface area contributed by atoms with Crippen molar-refractivity contribution in [1.82, 2.24) is 10.2 Å². The van der Waals surface area contributed by atoms with Gasteiger partial charge in [0.1, 0.15) is 0 Å². The standard InChI is InChI=1S/C21H24F3N3O3/c1-27(14-19(28)25-11-6-12-30-2)20(29)17-9-3-4-10-18(17)26-16-8-5-7-15(13-16)21(22,23)24/h3-5,7-10,13,26H,6,11-12,14H2,1-2H3,(H,25,28). The zero-order valence-electron chi connectivity index (χ0n) is 16.8. The number of hydrogen-bond donors (Lipinski definition) is 2. The van der Waals surface area contributed by atoms with Gasteiger partial charge in [-0.05, 0) is 36.8 Å². The van der Waals surface area contributed by atoms with Crippen molar-refractivity contribution in [3.05, 3.63) is 59.7 Å². The number of rotatable bonds is 9. The minimum absolute atomic E-state index is 0.149. The van der Waals surface area contributed by atoms with Gasteiger partial charge in [0.2, 0.25) is 5.91 Å². The Morgan fingerprint density at radius 3 is 2.53 bits per heavy atom. The maximum absolute atomic E-state index is 12.9. The van der Waals surface area contributed by atoms with Crippen molar-refractivity contribution in [3.8, 4) is 0 Å². The summed E-state index contributed by atoms with van der Waals surface area (Å²) in [6.07, 6.45) is -3.81. The summed E-state index contributed by atoms with van der Waals surface area (Å²) >= 11 is 0. The van der Waals surface area contributed by atoms with Gasteiger partial charge in [-0.15, -0.1) is 0 Å². The number of para-hydroxylation sites is 1. The minimum atomic E-state index is -4.47. The molecular weight excluding hydrogens is 399 g/mol. The summed E-state index contributed by atoms with van der Waals surface area (Å²) in [6.45, 7) is 0.801. The smallest absolute Gasteiger partial charge is 0.385 e. The predicted molar refractivity (Wildman–Crippen MR) is 108 cm³/mol. The van der Waals surface area contributed by atoms with Crippen LogP contribution in [0.3, 0.4) is 0 Å². The van der Waals surface area contributed by atoms with Crippen LogP contribution < -0.4 is 10.6 Å². The maximum Gasteiger partial charge on any atom is 0.416 e. The van der Waals surface area contributed by atoms with E-state index in [2.05, 4.69) is 10.6 Å². The number of ether oxygens (including phenoxy) is 1. The molecule has 0 fully saturated rings. The highest BCUT2D eigenvalue weighted by atomic mass is 19.4. The maximum atomic E-state index is 12.9. The van der Waals surface area contributed by atoms with E-state index in [4.69, 9.17) is 4.74 Å². The summed E-state index contributed by atoms with van der Waals surface area (Å²) in [5.74, 6) is -0.748. The van der Waals surface area contributed by atoms with E-state index in [1.54, 1.807) is 31.4 Å². The largest absolute Gasteiger partial charge is 0.416 e. The van der Waals surface area contributed by atoms with Crippen LogP contribution in [0.4, 0.5) is 24.5 Å². The number of benzene rings is 2. The summed E-state index contributed by atoms with van der Waals surface area (Å²) in [7, 11) is 3.05. The van der Waals surface area contributed by atoms with Gasteiger partial charge in [0.05, 0.1) is 23.4 Å². The van der Waals surface area contributed by atoms with E-state index < -0.39 is 17.6 Å². The van der Waals surface area contributed by atoms with Gasteiger partial charge in [-0.1, -0.05) is 18.2 Å². The molecule has 0 saturated carbocycles. The molecule has 0 aliphatic rings. The summed E-state index contributed by atoms with van der Waals surface area (Å²) in [5, 5.41) is 5.56. The topological polar surface area (TPSA) is 70.7 Å². The molecule has 2 aromatic rings.